The summed E-state index contributed by atoms with van der Waals surface area (Å²) in [6.07, 6.45) is 15.0. The summed E-state index contributed by atoms with van der Waals surface area (Å²) in [5.74, 6) is 1.87. The zero-order valence-corrected chi connectivity index (χ0v) is 28.1. The Morgan fingerprint density at radius 1 is 0.762 bits per heavy atom. The fourth-order valence-corrected chi connectivity index (χ4v) is 13.6. The molecule has 2 N–H and O–H groups in total. The van der Waals surface area contributed by atoms with Crippen molar-refractivity contribution < 1.29 is 19.4 Å². The summed E-state index contributed by atoms with van der Waals surface area (Å²) in [6.45, 7) is 19.7. The van der Waals surface area contributed by atoms with Crippen LogP contribution in [0.2, 0.25) is 0 Å². The van der Waals surface area contributed by atoms with Crippen LogP contribution in [0, 0.1) is 62.1 Å². The second-order valence-corrected chi connectivity index (χ2v) is 18.1. The molecule has 0 aromatic rings. The minimum atomic E-state index is -0.538. The van der Waals surface area contributed by atoms with Crippen molar-refractivity contribution in [1.29, 1.82) is 0 Å². The van der Waals surface area contributed by atoms with Gasteiger partial charge in [-0.15, -0.1) is 0 Å². The van der Waals surface area contributed by atoms with Crippen LogP contribution >= 0.6 is 0 Å². The summed E-state index contributed by atoms with van der Waals surface area (Å²) >= 11 is 0. The Labute approximate surface area is 256 Å². The predicted octanol–water partition coefficient (Wildman–Crippen LogP) is 9.24. The van der Waals surface area contributed by atoms with Gasteiger partial charge in [0.25, 0.3) is 0 Å². The van der Waals surface area contributed by atoms with Crippen molar-refractivity contribution in [2.24, 2.45) is 62.1 Å². The molecule has 0 aromatic carbocycles. The first-order chi connectivity index (χ1) is 19.6. The number of carbonyl (C=O) groups excluding carboxylic acids is 1. The van der Waals surface area contributed by atoms with Crippen molar-refractivity contribution in [1.82, 2.24) is 5.32 Å². The lowest BCUT2D eigenvalue weighted by atomic mass is 9.31. The lowest BCUT2D eigenvalue weighted by Crippen LogP contribution is -2.67. The Bertz CT molecular complexity index is 1100. The summed E-state index contributed by atoms with van der Waals surface area (Å²) in [6, 6.07) is 0.286. The summed E-state index contributed by atoms with van der Waals surface area (Å²) in [5.41, 5.74) is 0.0640. The van der Waals surface area contributed by atoms with Crippen LogP contribution in [0.4, 0.5) is 4.79 Å². The first-order valence-corrected chi connectivity index (χ1v) is 17.8. The van der Waals surface area contributed by atoms with Crippen LogP contribution in [0.25, 0.3) is 0 Å². The van der Waals surface area contributed by atoms with Gasteiger partial charge in [-0.2, -0.15) is 0 Å². The van der Waals surface area contributed by atoms with Gasteiger partial charge in [0.15, 0.2) is 0 Å². The Kier molecular flexibility index (Phi) is 7.23. The molecule has 0 aromatic heterocycles. The molecule has 6 saturated carbocycles. The quantitative estimate of drug-likeness (QED) is 0.346. The van der Waals surface area contributed by atoms with Gasteiger partial charge in [-0.25, -0.2) is 4.79 Å². The Morgan fingerprint density at radius 3 is 2.07 bits per heavy atom. The van der Waals surface area contributed by atoms with Gasteiger partial charge in [0.1, 0.15) is 6.10 Å². The van der Waals surface area contributed by atoms with E-state index in [1.165, 1.54) is 38.5 Å². The molecule has 0 bridgehead atoms. The van der Waals surface area contributed by atoms with Gasteiger partial charge in [-0.05, 0) is 128 Å². The number of carbonyl (C=O) groups is 2. The molecule has 6 aliphatic carbocycles. The van der Waals surface area contributed by atoms with Gasteiger partial charge in [0.05, 0.1) is 5.41 Å². The van der Waals surface area contributed by atoms with Crippen LogP contribution in [0.5, 0.6) is 0 Å². The van der Waals surface area contributed by atoms with Crippen LogP contribution in [-0.4, -0.2) is 29.3 Å². The third kappa shape index (κ3) is 3.98. The third-order valence-electron chi connectivity index (χ3n) is 16.5. The fourth-order valence-electron chi connectivity index (χ4n) is 13.6. The fraction of sp³-hybridized carbons (Fsp3) is 0.946. The normalized spacial score (nSPS) is 49.9. The topological polar surface area (TPSA) is 75.6 Å². The lowest BCUT2D eigenvalue weighted by molar-refractivity contribution is -0.253. The van der Waals surface area contributed by atoms with Gasteiger partial charge >= 0.3 is 12.1 Å². The van der Waals surface area contributed by atoms with E-state index in [-0.39, 0.29) is 51.2 Å². The summed E-state index contributed by atoms with van der Waals surface area (Å²) in [5, 5.41) is 13.9. The molecule has 5 nitrogen and oxygen atoms in total. The number of nitrogens with one attached hydrogen (secondary N) is 1. The molecule has 6 rings (SSSR count). The van der Waals surface area contributed by atoms with E-state index in [0.717, 1.165) is 51.4 Å². The van der Waals surface area contributed by atoms with Crippen molar-refractivity contribution in [2.45, 2.75) is 157 Å². The average molecular weight is 584 g/mol. The van der Waals surface area contributed by atoms with Crippen LogP contribution in [0.15, 0.2) is 0 Å². The standard InChI is InChI=1S/C37H61NO4/c1-23(2)33(5)19-21-37(30(39)40)22-20-35(7)25(29(33)37)13-14-27-34(6)17-16-28(42-31(41)38-24-11-9-10-12-24)32(3,4)26(34)15-18-36(27,35)8/h23-29H,9-22H2,1-8H3,(H,38,41)(H,39,40)/t25?,26?,27?,28-,29?,33?,34+,35-,36-,37+/m1/s1. The number of carboxylic acid groups (broad SMARTS) is 1. The highest BCUT2D eigenvalue weighted by molar-refractivity contribution is 5.76. The van der Waals surface area contributed by atoms with E-state index in [9.17, 15) is 14.7 Å². The molecule has 0 radical (unpaired) electrons. The van der Waals surface area contributed by atoms with Crippen molar-refractivity contribution in [2.75, 3.05) is 0 Å². The number of aliphatic carboxylic acids is 1. The minimum Gasteiger partial charge on any atom is -0.481 e. The predicted molar refractivity (Wildman–Crippen MR) is 167 cm³/mol. The van der Waals surface area contributed by atoms with Gasteiger partial charge in [0.2, 0.25) is 0 Å². The molecule has 0 heterocycles. The molecule has 6 fully saturated rings. The monoisotopic (exact) mass is 583 g/mol. The van der Waals surface area contributed by atoms with E-state index in [4.69, 9.17) is 4.74 Å². The van der Waals surface area contributed by atoms with Gasteiger partial charge in [0, 0.05) is 11.5 Å². The Balaban J connectivity index is 1.28. The van der Waals surface area contributed by atoms with Crippen molar-refractivity contribution >= 4 is 12.1 Å². The number of hydrogen-bond donors (Lipinski definition) is 2. The maximum absolute atomic E-state index is 13.1. The van der Waals surface area contributed by atoms with Crippen molar-refractivity contribution in [3.63, 3.8) is 0 Å². The molecule has 1 amide bonds. The van der Waals surface area contributed by atoms with E-state index < -0.39 is 11.4 Å². The molecule has 0 spiro atoms. The number of fused-ring (bicyclic) bond motifs is 7. The largest absolute Gasteiger partial charge is 0.481 e. The molecule has 0 aliphatic heterocycles. The Morgan fingerprint density at radius 2 is 1.43 bits per heavy atom. The van der Waals surface area contributed by atoms with E-state index in [2.05, 4.69) is 60.7 Å². The highest BCUT2D eigenvalue weighted by atomic mass is 16.6. The second kappa shape index (κ2) is 9.87. The molecule has 238 valence electrons. The van der Waals surface area contributed by atoms with Crippen LogP contribution in [0.1, 0.15) is 145 Å². The molecule has 5 heteroatoms. The number of ether oxygens (including phenoxy) is 1. The van der Waals surface area contributed by atoms with Crippen LogP contribution in [-0.2, 0) is 9.53 Å². The third-order valence-corrected chi connectivity index (χ3v) is 16.5. The molecule has 42 heavy (non-hydrogen) atoms. The summed E-state index contributed by atoms with van der Waals surface area (Å²) < 4.78 is 6.25. The highest BCUT2D eigenvalue weighted by Crippen LogP contribution is 2.79. The minimum absolute atomic E-state index is 0.0376. The number of carboxylic acids is 1. The molecule has 10 atom stereocenters. The summed E-state index contributed by atoms with van der Waals surface area (Å²) in [4.78, 5) is 26.0. The molecular weight excluding hydrogens is 522 g/mol. The van der Waals surface area contributed by atoms with E-state index in [1.54, 1.807) is 0 Å². The maximum Gasteiger partial charge on any atom is 0.407 e. The average Bonchev–Trinajstić information content (AvgIpc) is 3.53. The Hall–Kier alpha value is -1.26. The first-order valence-electron chi connectivity index (χ1n) is 17.8. The van der Waals surface area contributed by atoms with E-state index in [1.807, 2.05) is 0 Å². The number of amides is 1. The summed E-state index contributed by atoms with van der Waals surface area (Å²) in [7, 11) is 0. The van der Waals surface area contributed by atoms with Gasteiger partial charge < -0.3 is 15.2 Å². The molecule has 6 aliphatic rings. The zero-order valence-electron chi connectivity index (χ0n) is 28.1. The number of hydrogen-bond acceptors (Lipinski definition) is 3. The van der Waals surface area contributed by atoms with Gasteiger partial charge in [-0.1, -0.05) is 68.2 Å². The number of alkyl carbamates (subject to hydrolysis) is 1. The smallest absolute Gasteiger partial charge is 0.407 e. The van der Waals surface area contributed by atoms with Crippen molar-refractivity contribution in [3.05, 3.63) is 0 Å². The van der Waals surface area contributed by atoms with Crippen molar-refractivity contribution in [3.8, 4) is 0 Å². The second-order valence-electron chi connectivity index (χ2n) is 18.1. The maximum atomic E-state index is 13.1. The van der Waals surface area contributed by atoms with Crippen LogP contribution < -0.4 is 5.32 Å². The van der Waals surface area contributed by atoms with Crippen LogP contribution in [0.3, 0.4) is 0 Å². The van der Waals surface area contributed by atoms with Gasteiger partial charge in [-0.3, -0.25) is 4.79 Å². The lowest BCUT2D eigenvalue weighted by Gasteiger charge is -2.73. The van der Waals surface area contributed by atoms with E-state index >= 15 is 0 Å². The number of rotatable bonds is 4. The first kappa shape index (κ1) is 30.8. The van der Waals surface area contributed by atoms with E-state index in [0.29, 0.717) is 23.7 Å². The molecule has 5 unspecified atom stereocenters. The highest BCUT2D eigenvalue weighted by Gasteiger charge is 2.73. The zero-order chi connectivity index (χ0) is 30.5. The molecule has 0 saturated heterocycles. The molecular formula is C37H61NO4. The SMILES string of the molecule is CC(C)C1(C)CC[C@]2(C(=O)O)CC[C@]3(C)C(CCC4[C@@]5(C)CC[C@@H](OC(=O)NC6CCCC6)C(C)(C)C5CC[C@]43C)C12.